The Balaban J connectivity index is 2.16. The molecule has 100 valence electrons. The van der Waals surface area contributed by atoms with Gasteiger partial charge in [-0.15, -0.1) is 0 Å². The standard InChI is InChI=1S/C20H13Cl/c21-19-13-12-15-7-2-4-10-17(15)20(19)18-11-5-8-14-6-1-3-9-16(14)18/h1-13H. The summed E-state index contributed by atoms with van der Waals surface area (Å²) in [6.45, 7) is 0. The number of hydrogen-bond acceptors (Lipinski definition) is 0. The maximum atomic E-state index is 6.54. The highest BCUT2D eigenvalue weighted by molar-refractivity contribution is 6.35. The lowest BCUT2D eigenvalue weighted by molar-refractivity contribution is 1.68. The van der Waals surface area contributed by atoms with Gasteiger partial charge in [-0.1, -0.05) is 84.4 Å². The van der Waals surface area contributed by atoms with Gasteiger partial charge < -0.3 is 0 Å². The first-order valence-corrected chi connectivity index (χ1v) is 7.38. The molecule has 4 aromatic rings. The average Bonchev–Trinajstić information content (AvgIpc) is 2.54. The SMILES string of the molecule is Clc1ccc2ccccc2c1-c1cccc2ccccc12. The van der Waals surface area contributed by atoms with E-state index in [2.05, 4.69) is 72.8 Å². The predicted octanol–water partition coefficient (Wildman–Crippen LogP) is 6.31. The smallest absolute Gasteiger partial charge is 0.0491 e. The van der Waals surface area contributed by atoms with Crippen LogP contribution >= 0.6 is 11.6 Å². The minimum Gasteiger partial charge on any atom is -0.0836 e. The molecule has 21 heavy (non-hydrogen) atoms. The molecule has 0 N–H and O–H groups in total. The third-order valence-corrected chi connectivity index (χ3v) is 4.25. The second-order valence-electron chi connectivity index (χ2n) is 5.17. The number of fused-ring (bicyclic) bond motifs is 2. The normalized spacial score (nSPS) is 11.1. The fourth-order valence-electron chi connectivity index (χ4n) is 2.96. The van der Waals surface area contributed by atoms with E-state index in [-0.39, 0.29) is 0 Å². The fraction of sp³-hybridized carbons (Fsp3) is 0. The number of hydrogen-bond donors (Lipinski definition) is 0. The van der Waals surface area contributed by atoms with Gasteiger partial charge in [-0.05, 0) is 33.2 Å². The van der Waals surface area contributed by atoms with Gasteiger partial charge in [-0.3, -0.25) is 0 Å². The molecule has 0 fully saturated rings. The molecule has 0 aromatic heterocycles. The number of benzene rings is 4. The van der Waals surface area contributed by atoms with E-state index >= 15 is 0 Å². The lowest BCUT2D eigenvalue weighted by Crippen LogP contribution is -1.85. The largest absolute Gasteiger partial charge is 0.0836 e. The zero-order chi connectivity index (χ0) is 14.2. The molecule has 0 aliphatic rings. The molecule has 0 unspecified atom stereocenters. The van der Waals surface area contributed by atoms with Crippen molar-refractivity contribution in [2.24, 2.45) is 0 Å². The Morgan fingerprint density at radius 1 is 0.524 bits per heavy atom. The third kappa shape index (κ3) is 2.00. The van der Waals surface area contributed by atoms with Gasteiger partial charge in [0.15, 0.2) is 0 Å². The van der Waals surface area contributed by atoms with E-state index in [0.717, 1.165) is 10.6 Å². The molecule has 0 bridgehead atoms. The van der Waals surface area contributed by atoms with Crippen molar-refractivity contribution < 1.29 is 0 Å². The summed E-state index contributed by atoms with van der Waals surface area (Å²) < 4.78 is 0. The van der Waals surface area contributed by atoms with Crippen molar-refractivity contribution in [3.63, 3.8) is 0 Å². The van der Waals surface area contributed by atoms with Crippen LogP contribution in [0.4, 0.5) is 0 Å². The molecule has 0 radical (unpaired) electrons. The van der Waals surface area contributed by atoms with Crippen LogP contribution in [-0.4, -0.2) is 0 Å². The van der Waals surface area contributed by atoms with Crippen molar-refractivity contribution in [2.45, 2.75) is 0 Å². The van der Waals surface area contributed by atoms with E-state index in [1.807, 2.05) is 6.07 Å². The number of halogens is 1. The number of rotatable bonds is 1. The first-order valence-electron chi connectivity index (χ1n) is 7.00. The summed E-state index contributed by atoms with van der Waals surface area (Å²) in [4.78, 5) is 0. The van der Waals surface area contributed by atoms with Gasteiger partial charge in [0.1, 0.15) is 0 Å². The monoisotopic (exact) mass is 288 g/mol. The van der Waals surface area contributed by atoms with E-state index in [9.17, 15) is 0 Å². The van der Waals surface area contributed by atoms with Crippen molar-refractivity contribution in [2.75, 3.05) is 0 Å². The van der Waals surface area contributed by atoms with Gasteiger partial charge in [0.05, 0.1) is 0 Å². The Kier molecular flexibility index (Phi) is 2.90. The molecular formula is C20H13Cl. The summed E-state index contributed by atoms with van der Waals surface area (Å²) in [5.41, 5.74) is 2.31. The van der Waals surface area contributed by atoms with Crippen LogP contribution in [0.15, 0.2) is 78.9 Å². The average molecular weight is 289 g/mol. The Bertz CT molecular complexity index is 949. The van der Waals surface area contributed by atoms with Gasteiger partial charge in [0, 0.05) is 10.6 Å². The van der Waals surface area contributed by atoms with Crippen LogP contribution in [0.25, 0.3) is 32.7 Å². The zero-order valence-corrected chi connectivity index (χ0v) is 12.1. The van der Waals surface area contributed by atoms with Crippen molar-refractivity contribution in [1.82, 2.24) is 0 Å². The second kappa shape index (κ2) is 4.91. The fourth-order valence-corrected chi connectivity index (χ4v) is 3.23. The predicted molar refractivity (Wildman–Crippen MR) is 91.9 cm³/mol. The quantitative estimate of drug-likeness (QED) is 0.385. The lowest BCUT2D eigenvalue weighted by Gasteiger charge is -2.12. The maximum absolute atomic E-state index is 6.54. The summed E-state index contributed by atoms with van der Waals surface area (Å²) in [5, 5.41) is 5.67. The van der Waals surface area contributed by atoms with Crippen LogP contribution < -0.4 is 0 Å². The minimum atomic E-state index is 0.796. The van der Waals surface area contributed by atoms with Gasteiger partial charge in [0.25, 0.3) is 0 Å². The van der Waals surface area contributed by atoms with Crippen LogP contribution in [0, 0.1) is 0 Å². The van der Waals surface area contributed by atoms with Gasteiger partial charge in [0.2, 0.25) is 0 Å². The Labute approximate surface area is 128 Å². The van der Waals surface area contributed by atoms with Gasteiger partial charge in [-0.2, -0.15) is 0 Å². The van der Waals surface area contributed by atoms with Crippen molar-refractivity contribution in [1.29, 1.82) is 0 Å². The zero-order valence-electron chi connectivity index (χ0n) is 11.4. The molecule has 0 aliphatic carbocycles. The summed E-state index contributed by atoms with van der Waals surface area (Å²) >= 11 is 6.54. The lowest BCUT2D eigenvalue weighted by atomic mass is 9.94. The molecule has 0 spiro atoms. The molecule has 0 saturated carbocycles. The van der Waals surface area contributed by atoms with E-state index < -0.39 is 0 Å². The van der Waals surface area contributed by atoms with E-state index in [4.69, 9.17) is 11.6 Å². The Morgan fingerprint density at radius 3 is 1.95 bits per heavy atom. The summed E-state index contributed by atoms with van der Waals surface area (Å²) in [7, 11) is 0. The second-order valence-corrected chi connectivity index (χ2v) is 5.58. The topological polar surface area (TPSA) is 0 Å². The molecular weight excluding hydrogens is 276 g/mol. The molecule has 0 amide bonds. The maximum Gasteiger partial charge on any atom is 0.0491 e. The molecule has 4 aromatic carbocycles. The van der Waals surface area contributed by atoms with Crippen LogP contribution in [0.3, 0.4) is 0 Å². The van der Waals surface area contributed by atoms with E-state index in [1.165, 1.54) is 27.1 Å². The van der Waals surface area contributed by atoms with E-state index in [1.54, 1.807) is 0 Å². The van der Waals surface area contributed by atoms with Crippen LogP contribution in [0.5, 0.6) is 0 Å². The molecule has 1 heteroatoms. The highest BCUT2D eigenvalue weighted by Crippen LogP contribution is 2.38. The molecule has 0 atom stereocenters. The summed E-state index contributed by atoms with van der Waals surface area (Å²) in [6.07, 6.45) is 0. The Morgan fingerprint density at radius 2 is 1.14 bits per heavy atom. The molecule has 0 aliphatic heterocycles. The van der Waals surface area contributed by atoms with E-state index in [0.29, 0.717) is 0 Å². The van der Waals surface area contributed by atoms with Crippen molar-refractivity contribution in [3.05, 3.63) is 83.9 Å². The molecule has 0 saturated heterocycles. The third-order valence-electron chi connectivity index (χ3n) is 3.94. The highest BCUT2D eigenvalue weighted by Gasteiger charge is 2.11. The highest BCUT2D eigenvalue weighted by atomic mass is 35.5. The summed E-state index contributed by atoms with van der Waals surface area (Å²) in [5.74, 6) is 0. The van der Waals surface area contributed by atoms with Crippen molar-refractivity contribution >= 4 is 33.1 Å². The van der Waals surface area contributed by atoms with Crippen LogP contribution in [0.1, 0.15) is 0 Å². The molecule has 4 rings (SSSR count). The van der Waals surface area contributed by atoms with Gasteiger partial charge in [-0.25, -0.2) is 0 Å². The van der Waals surface area contributed by atoms with Crippen LogP contribution in [0.2, 0.25) is 5.02 Å². The minimum absolute atomic E-state index is 0.796. The van der Waals surface area contributed by atoms with Crippen LogP contribution in [-0.2, 0) is 0 Å². The molecule has 0 heterocycles. The van der Waals surface area contributed by atoms with Gasteiger partial charge >= 0.3 is 0 Å². The first kappa shape index (κ1) is 12.4. The Hall–Kier alpha value is -2.31. The van der Waals surface area contributed by atoms with Crippen molar-refractivity contribution in [3.8, 4) is 11.1 Å². The molecule has 0 nitrogen and oxygen atoms in total. The first-order chi connectivity index (χ1) is 10.3. The summed E-state index contributed by atoms with van der Waals surface area (Å²) in [6, 6.07) is 27.3.